The lowest BCUT2D eigenvalue weighted by molar-refractivity contribution is 0.0925. The highest BCUT2D eigenvalue weighted by Gasteiger charge is 2.37. The molecule has 3 aromatic rings. The van der Waals surface area contributed by atoms with E-state index in [4.69, 9.17) is 4.42 Å². The van der Waals surface area contributed by atoms with Gasteiger partial charge in [-0.1, -0.05) is 39.8 Å². The molecule has 2 heterocycles. The van der Waals surface area contributed by atoms with E-state index in [0.717, 1.165) is 11.5 Å². The number of amides is 1. The molecule has 0 saturated heterocycles. The highest BCUT2D eigenvalue weighted by molar-refractivity contribution is 5.91. The van der Waals surface area contributed by atoms with Crippen LogP contribution in [0, 0.1) is 6.92 Å². The lowest BCUT2D eigenvalue weighted by Gasteiger charge is -2.42. The molecule has 0 bridgehead atoms. The summed E-state index contributed by atoms with van der Waals surface area (Å²) >= 11 is 0. The van der Waals surface area contributed by atoms with E-state index >= 15 is 0 Å². The molecule has 1 aliphatic carbocycles. The standard InChI is InChI=1S/C26H33N3O2/c1-17-12-21-22(26(4,5)10-9-25(21,2)3)14-18(17)13-20-6-7-23(31-20)24(30)28-11-8-19-15-27-16-29-19/h6-7,12,14-16H,8-11,13H2,1-5H3,(H,27,29)(H,28,30). The zero-order valence-electron chi connectivity index (χ0n) is 19.3. The van der Waals surface area contributed by atoms with Gasteiger partial charge in [0.15, 0.2) is 5.76 Å². The van der Waals surface area contributed by atoms with Gasteiger partial charge in [-0.3, -0.25) is 4.79 Å². The summed E-state index contributed by atoms with van der Waals surface area (Å²) < 4.78 is 5.90. The van der Waals surface area contributed by atoms with E-state index in [1.165, 1.54) is 35.1 Å². The lowest BCUT2D eigenvalue weighted by Crippen LogP contribution is -2.34. The molecule has 0 fully saturated rings. The van der Waals surface area contributed by atoms with Crippen LogP contribution in [0.2, 0.25) is 0 Å². The van der Waals surface area contributed by atoms with E-state index in [1.807, 2.05) is 6.07 Å². The number of nitrogens with one attached hydrogen (secondary N) is 2. The van der Waals surface area contributed by atoms with E-state index < -0.39 is 0 Å². The minimum absolute atomic E-state index is 0.177. The van der Waals surface area contributed by atoms with Crippen LogP contribution in [0.4, 0.5) is 0 Å². The summed E-state index contributed by atoms with van der Waals surface area (Å²) in [5, 5.41) is 2.91. The van der Waals surface area contributed by atoms with E-state index in [1.54, 1.807) is 18.6 Å². The number of hydrogen-bond donors (Lipinski definition) is 2. The number of rotatable bonds is 6. The van der Waals surface area contributed by atoms with Gasteiger partial charge in [-0.25, -0.2) is 4.98 Å². The van der Waals surface area contributed by atoms with Crippen LogP contribution < -0.4 is 5.32 Å². The highest BCUT2D eigenvalue weighted by Crippen LogP contribution is 2.46. The van der Waals surface area contributed by atoms with Crippen molar-refractivity contribution < 1.29 is 9.21 Å². The van der Waals surface area contributed by atoms with Gasteiger partial charge in [0.1, 0.15) is 5.76 Å². The summed E-state index contributed by atoms with van der Waals surface area (Å²) in [6.45, 7) is 12.1. The monoisotopic (exact) mass is 419 g/mol. The predicted molar refractivity (Wildman–Crippen MR) is 123 cm³/mol. The van der Waals surface area contributed by atoms with Crippen molar-refractivity contribution in [2.75, 3.05) is 6.54 Å². The Hall–Kier alpha value is -2.82. The SMILES string of the molecule is Cc1cc2c(cc1Cc1ccc(C(=O)NCCc3cnc[nH]3)o1)C(C)(C)CCC2(C)C. The number of hydrogen-bond acceptors (Lipinski definition) is 3. The average molecular weight is 420 g/mol. The van der Waals surface area contributed by atoms with Gasteiger partial charge in [-0.2, -0.15) is 0 Å². The quantitative estimate of drug-likeness (QED) is 0.575. The molecule has 0 saturated carbocycles. The molecule has 164 valence electrons. The van der Waals surface area contributed by atoms with Gasteiger partial charge < -0.3 is 14.7 Å². The number of H-pyrrole nitrogens is 1. The lowest BCUT2D eigenvalue weighted by atomic mass is 9.62. The van der Waals surface area contributed by atoms with Crippen LogP contribution in [0.3, 0.4) is 0 Å². The number of aryl methyl sites for hydroxylation is 1. The molecule has 2 N–H and O–H groups in total. The third kappa shape index (κ3) is 4.46. The molecular formula is C26H33N3O2. The second kappa shape index (κ2) is 8.03. The maximum absolute atomic E-state index is 12.4. The van der Waals surface area contributed by atoms with Crippen LogP contribution in [-0.4, -0.2) is 22.4 Å². The first-order valence-electron chi connectivity index (χ1n) is 11.1. The van der Waals surface area contributed by atoms with Gasteiger partial charge in [0.2, 0.25) is 0 Å². The number of imidazole rings is 1. The van der Waals surface area contributed by atoms with Gasteiger partial charge in [0.05, 0.1) is 6.33 Å². The topological polar surface area (TPSA) is 70.9 Å². The number of carbonyl (C=O) groups excluding carboxylic acids is 1. The number of fused-ring (bicyclic) bond motifs is 1. The normalized spacial score (nSPS) is 16.7. The first-order valence-corrected chi connectivity index (χ1v) is 11.1. The zero-order chi connectivity index (χ0) is 22.2. The maximum atomic E-state index is 12.4. The predicted octanol–water partition coefficient (Wildman–Crippen LogP) is 5.22. The van der Waals surface area contributed by atoms with Crippen molar-refractivity contribution in [1.29, 1.82) is 0 Å². The molecule has 1 aliphatic rings. The Kier molecular flexibility index (Phi) is 5.54. The van der Waals surface area contributed by atoms with Crippen molar-refractivity contribution in [3.8, 4) is 0 Å². The summed E-state index contributed by atoms with van der Waals surface area (Å²) in [7, 11) is 0. The van der Waals surface area contributed by atoms with Crippen molar-refractivity contribution in [1.82, 2.24) is 15.3 Å². The molecule has 0 atom stereocenters. The number of benzene rings is 1. The molecule has 31 heavy (non-hydrogen) atoms. The zero-order valence-corrected chi connectivity index (χ0v) is 19.3. The Labute approximate surface area is 184 Å². The molecule has 1 amide bonds. The summed E-state index contributed by atoms with van der Waals surface area (Å²) in [5.74, 6) is 0.988. The van der Waals surface area contributed by atoms with E-state index in [2.05, 4.69) is 62.0 Å². The van der Waals surface area contributed by atoms with Crippen LogP contribution in [0.15, 0.2) is 41.2 Å². The average Bonchev–Trinajstić information content (AvgIpc) is 3.39. The Morgan fingerprint density at radius 3 is 2.52 bits per heavy atom. The van der Waals surface area contributed by atoms with Crippen molar-refractivity contribution in [2.45, 2.75) is 71.1 Å². The largest absolute Gasteiger partial charge is 0.456 e. The Morgan fingerprint density at radius 1 is 1.13 bits per heavy atom. The molecule has 0 aliphatic heterocycles. The van der Waals surface area contributed by atoms with E-state index in [0.29, 0.717) is 25.1 Å². The molecule has 4 rings (SSSR count). The first-order chi connectivity index (χ1) is 14.7. The van der Waals surface area contributed by atoms with Crippen LogP contribution >= 0.6 is 0 Å². The third-order valence-corrected chi connectivity index (χ3v) is 6.79. The van der Waals surface area contributed by atoms with Crippen molar-refractivity contribution >= 4 is 5.91 Å². The number of aromatic nitrogens is 2. The molecule has 5 heteroatoms. The van der Waals surface area contributed by atoms with Gasteiger partial charge >= 0.3 is 0 Å². The molecule has 0 radical (unpaired) electrons. The van der Waals surface area contributed by atoms with Crippen LogP contribution in [-0.2, 0) is 23.7 Å². The Bertz CT molecular complexity index is 1070. The molecule has 2 aromatic heterocycles. The minimum Gasteiger partial charge on any atom is -0.456 e. The van der Waals surface area contributed by atoms with Gasteiger partial charge in [0, 0.05) is 31.3 Å². The second-order valence-corrected chi connectivity index (χ2v) is 10.1. The van der Waals surface area contributed by atoms with Crippen LogP contribution in [0.5, 0.6) is 0 Å². The molecule has 5 nitrogen and oxygen atoms in total. The fourth-order valence-corrected chi connectivity index (χ4v) is 4.56. The molecule has 0 unspecified atom stereocenters. The van der Waals surface area contributed by atoms with E-state index in [-0.39, 0.29) is 16.7 Å². The number of furan rings is 1. The first kappa shape index (κ1) is 21.4. The summed E-state index contributed by atoms with van der Waals surface area (Å²) in [5.41, 5.74) is 6.86. The molecular weight excluding hydrogens is 386 g/mol. The summed E-state index contributed by atoms with van der Waals surface area (Å²) in [6, 6.07) is 8.43. The van der Waals surface area contributed by atoms with Gasteiger partial charge in [0.25, 0.3) is 5.91 Å². The van der Waals surface area contributed by atoms with Crippen LogP contribution in [0.25, 0.3) is 0 Å². The maximum Gasteiger partial charge on any atom is 0.287 e. The fraction of sp³-hybridized carbons (Fsp3) is 0.462. The number of aromatic amines is 1. The molecule has 1 aromatic carbocycles. The third-order valence-electron chi connectivity index (χ3n) is 6.79. The summed E-state index contributed by atoms with van der Waals surface area (Å²) in [4.78, 5) is 19.4. The molecule has 0 spiro atoms. The van der Waals surface area contributed by atoms with Crippen molar-refractivity contribution in [3.05, 3.63) is 76.3 Å². The van der Waals surface area contributed by atoms with Crippen molar-refractivity contribution in [2.24, 2.45) is 0 Å². The second-order valence-electron chi connectivity index (χ2n) is 10.1. The smallest absolute Gasteiger partial charge is 0.287 e. The Balaban J connectivity index is 1.48. The summed E-state index contributed by atoms with van der Waals surface area (Å²) in [6.07, 6.45) is 7.21. The number of nitrogens with zero attached hydrogens (tertiary/aromatic N) is 1. The van der Waals surface area contributed by atoms with E-state index in [9.17, 15) is 4.79 Å². The fourth-order valence-electron chi connectivity index (χ4n) is 4.56. The van der Waals surface area contributed by atoms with Crippen LogP contribution in [0.1, 0.15) is 84.8 Å². The minimum atomic E-state index is -0.184. The Morgan fingerprint density at radius 2 is 1.84 bits per heavy atom. The van der Waals surface area contributed by atoms with Gasteiger partial charge in [-0.15, -0.1) is 0 Å². The highest BCUT2D eigenvalue weighted by atomic mass is 16.3. The number of carbonyl (C=O) groups is 1. The van der Waals surface area contributed by atoms with Gasteiger partial charge in [-0.05, 0) is 65.0 Å². The van der Waals surface area contributed by atoms with Crippen molar-refractivity contribution in [3.63, 3.8) is 0 Å².